The maximum Gasteiger partial charge on any atom is 0.169 e. The molecule has 2 heterocycles. The van der Waals surface area contributed by atoms with E-state index in [2.05, 4.69) is 0 Å². The van der Waals surface area contributed by atoms with Gasteiger partial charge >= 0.3 is 0 Å². The van der Waals surface area contributed by atoms with E-state index in [1.807, 2.05) is 5.06 Å². The molecule has 2 aliphatic heterocycles. The standard InChI is InChI=1S/C8H17N3O3/c9-8(10,12)4-7-3-6-5-13-2-1-11(6)14-7/h6-7,12H,1-5,9-10H2. The fourth-order valence-corrected chi connectivity index (χ4v) is 1.99. The summed E-state index contributed by atoms with van der Waals surface area (Å²) in [5, 5.41) is 11.1. The molecule has 2 saturated heterocycles. The Hall–Kier alpha value is -0.240. The molecule has 0 saturated carbocycles. The molecular weight excluding hydrogens is 186 g/mol. The monoisotopic (exact) mass is 203 g/mol. The maximum absolute atomic E-state index is 9.24. The maximum atomic E-state index is 9.24. The predicted octanol–water partition coefficient (Wildman–Crippen LogP) is -1.66. The first kappa shape index (κ1) is 10.3. The second kappa shape index (κ2) is 3.73. The van der Waals surface area contributed by atoms with Gasteiger partial charge in [0.2, 0.25) is 0 Å². The Kier molecular flexibility index (Phi) is 2.74. The van der Waals surface area contributed by atoms with Gasteiger partial charge in [-0.15, -0.1) is 0 Å². The first-order chi connectivity index (χ1) is 6.54. The summed E-state index contributed by atoms with van der Waals surface area (Å²) in [6, 6.07) is 0.288. The Bertz CT molecular complexity index is 192. The van der Waals surface area contributed by atoms with E-state index in [9.17, 15) is 5.11 Å². The Morgan fingerprint density at radius 2 is 2.29 bits per heavy atom. The van der Waals surface area contributed by atoms with Gasteiger partial charge in [0, 0.05) is 13.0 Å². The first-order valence-corrected chi connectivity index (χ1v) is 4.86. The van der Waals surface area contributed by atoms with Gasteiger partial charge in [-0.05, 0) is 6.42 Å². The highest BCUT2D eigenvalue weighted by Crippen LogP contribution is 2.26. The minimum atomic E-state index is -1.64. The highest BCUT2D eigenvalue weighted by Gasteiger charge is 2.38. The summed E-state index contributed by atoms with van der Waals surface area (Å²) in [7, 11) is 0. The summed E-state index contributed by atoms with van der Waals surface area (Å²) in [6.07, 6.45) is 0.971. The number of nitrogens with zero attached hydrogens (tertiary/aromatic N) is 1. The van der Waals surface area contributed by atoms with Crippen molar-refractivity contribution in [2.24, 2.45) is 11.5 Å². The SMILES string of the molecule is NC(N)(O)CC1CC2COCCN2O1. The van der Waals surface area contributed by atoms with Crippen LogP contribution in [0.5, 0.6) is 0 Å². The summed E-state index contributed by atoms with van der Waals surface area (Å²) in [5.74, 6) is -1.64. The number of hydroxylamine groups is 2. The minimum Gasteiger partial charge on any atom is -0.378 e. The number of aliphatic hydroxyl groups is 1. The third-order valence-corrected chi connectivity index (χ3v) is 2.55. The van der Waals surface area contributed by atoms with Crippen molar-refractivity contribution in [3.63, 3.8) is 0 Å². The van der Waals surface area contributed by atoms with E-state index < -0.39 is 5.85 Å². The zero-order chi connectivity index (χ0) is 10.2. The van der Waals surface area contributed by atoms with E-state index in [4.69, 9.17) is 21.0 Å². The average Bonchev–Trinajstić information content (AvgIpc) is 2.42. The van der Waals surface area contributed by atoms with Crippen molar-refractivity contribution < 1.29 is 14.7 Å². The lowest BCUT2D eigenvalue weighted by atomic mass is 10.1. The van der Waals surface area contributed by atoms with Gasteiger partial charge in [0.1, 0.15) is 0 Å². The van der Waals surface area contributed by atoms with E-state index >= 15 is 0 Å². The largest absolute Gasteiger partial charge is 0.378 e. The topological polar surface area (TPSA) is 94.0 Å². The van der Waals surface area contributed by atoms with E-state index in [0.29, 0.717) is 13.2 Å². The van der Waals surface area contributed by atoms with E-state index in [1.165, 1.54) is 0 Å². The van der Waals surface area contributed by atoms with Crippen LogP contribution < -0.4 is 11.5 Å². The van der Waals surface area contributed by atoms with Gasteiger partial charge in [-0.3, -0.25) is 16.3 Å². The van der Waals surface area contributed by atoms with Crippen LogP contribution in [0.1, 0.15) is 12.8 Å². The summed E-state index contributed by atoms with van der Waals surface area (Å²) in [4.78, 5) is 5.57. The number of fused-ring (bicyclic) bond motifs is 1. The average molecular weight is 203 g/mol. The van der Waals surface area contributed by atoms with Crippen LogP contribution in [0.2, 0.25) is 0 Å². The van der Waals surface area contributed by atoms with Gasteiger partial charge in [0.15, 0.2) is 5.85 Å². The third kappa shape index (κ3) is 2.41. The summed E-state index contributed by atoms with van der Waals surface area (Å²) in [5.41, 5.74) is 10.6. The van der Waals surface area contributed by atoms with Crippen molar-refractivity contribution in [3.05, 3.63) is 0 Å². The van der Waals surface area contributed by atoms with Crippen LogP contribution in [0.3, 0.4) is 0 Å². The molecule has 0 radical (unpaired) electrons. The normalized spacial score (nSPS) is 34.5. The molecule has 2 rings (SSSR count). The molecule has 6 heteroatoms. The quantitative estimate of drug-likeness (QED) is 0.465. The van der Waals surface area contributed by atoms with Crippen molar-refractivity contribution in [1.82, 2.24) is 5.06 Å². The lowest BCUT2D eigenvalue weighted by Crippen LogP contribution is -2.51. The number of hydrogen-bond donors (Lipinski definition) is 3. The van der Waals surface area contributed by atoms with E-state index in [-0.39, 0.29) is 18.6 Å². The molecule has 2 atom stereocenters. The van der Waals surface area contributed by atoms with Gasteiger partial charge in [-0.25, -0.2) is 0 Å². The van der Waals surface area contributed by atoms with Gasteiger partial charge in [-0.2, -0.15) is 5.06 Å². The molecular formula is C8H17N3O3. The Morgan fingerprint density at radius 3 is 2.93 bits per heavy atom. The number of nitrogens with two attached hydrogens (primary N) is 2. The summed E-state index contributed by atoms with van der Waals surface area (Å²) < 4.78 is 5.32. The Morgan fingerprint density at radius 1 is 1.50 bits per heavy atom. The highest BCUT2D eigenvalue weighted by molar-refractivity contribution is 4.82. The van der Waals surface area contributed by atoms with Gasteiger partial charge in [-0.1, -0.05) is 0 Å². The van der Waals surface area contributed by atoms with Gasteiger partial charge in [0.25, 0.3) is 0 Å². The third-order valence-electron chi connectivity index (χ3n) is 2.55. The van der Waals surface area contributed by atoms with Gasteiger partial charge < -0.3 is 9.84 Å². The van der Waals surface area contributed by atoms with Crippen LogP contribution in [-0.2, 0) is 9.57 Å². The first-order valence-electron chi connectivity index (χ1n) is 4.86. The van der Waals surface area contributed by atoms with Crippen LogP contribution in [0.15, 0.2) is 0 Å². The molecule has 2 unspecified atom stereocenters. The molecule has 2 fully saturated rings. The number of morpholine rings is 1. The number of ether oxygens (including phenoxy) is 1. The smallest absolute Gasteiger partial charge is 0.169 e. The minimum absolute atomic E-state index is 0.0956. The van der Waals surface area contributed by atoms with Crippen molar-refractivity contribution >= 4 is 0 Å². The summed E-state index contributed by atoms with van der Waals surface area (Å²) >= 11 is 0. The Balaban J connectivity index is 1.87. The van der Waals surface area contributed by atoms with Crippen molar-refractivity contribution in [2.75, 3.05) is 19.8 Å². The number of rotatable bonds is 2. The molecule has 0 aromatic heterocycles. The van der Waals surface area contributed by atoms with Crippen molar-refractivity contribution in [3.8, 4) is 0 Å². The lowest BCUT2D eigenvalue weighted by molar-refractivity contribution is -0.203. The van der Waals surface area contributed by atoms with E-state index in [1.54, 1.807) is 0 Å². The molecule has 0 amide bonds. The van der Waals surface area contributed by atoms with Crippen LogP contribution in [-0.4, -0.2) is 47.9 Å². The highest BCUT2D eigenvalue weighted by atomic mass is 16.7. The molecule has 82 valence electrons. The fraction of sp³-hybridized carbons (Fsp3) is 1.00. The van der Waals surface area contributed by atoms with E-state index in [0.717, 1.165) is 13.0 Å². The molecule has 0 aliphatic carbocycles. The predicted molar refractivity (Wildman–Crippen MR) is 48.7 cm³/mol. The molecule has 0 spiro atoms. The van der Waals surface area contributed by atoms with Gasteiger partial charge in [0.05, 0.1) is 25.4 Å². The van der Waals surface area contributed by atoms with Crippen molar-refractivity contribution in [1.29, 1.82) is 0 Å². The Labute approximate surface area is 82.7 Å². The van der Waals surface area contributed by atoms with Crippen LogP contribution in [0.4, 0.5) is 0 Å². The molecule has 0 aromatic carbocycles. The summed E-state index contributed by atoms with van der Waals surface area (Å²) in [6.45, 7) is 2.15. The molecule has 6 nitrogen and oxygen atoms in total. The zero-order valence-corrected chi connectivity index (χ0v) is 8.06. The molecule has 0 bridgehead atoms. The second-order valence-corrected chi connectivity index (χ2v) is 4.03. The molecule has 14 heavy (non-hydrogen) atoms. The molecule has 5 N–H and O–H groups in total. The van der Waals surface area contributed by atoms with Crippen molar-refractivity contribution in [2.45, 2.75) is 30.8 Å². The number of hydrogen-bond acceptors (Lipinski definition) is 6. The fourth-order valence-electron chi connectivity index (χ4n) is 1.99. The second-order valence-electron chi connectivity index (χ2n) is 4.03. The lowest BCUT2D eigenvalue weighted by Gasteiger charge is -2.27. The molecule has 0 aromatic rings. The zero-order valence-electron chi connectivity index (χ0n) is 8.06. The van der Waals surface area contributed by atoms with Crippen LogP contribution >= 0.6 is 0 Å². The van der Waals surface area contributed by atoms with Crippen LogP contribution in [0, 0.1) is 0 Å². The van der Waals surface area contributed by atoms with Crippen LogP contribution in [0.25, 0.3) is 0 Å². The molecule has 2 aliphatic rings.